The van der Waals surface area contributed by atoms with E-state index in [0.29, 0.717) is 5.75 Å². The Morgan fingerprint density at radius 2 is 1.74 bits per heavy atom. The highest BCUT2D eigenvalue weighted by atomic mass is 35.5. The lowest BCUT2D eigenvalue weighted by Gasteiger charge is -2.19. The van der Waals surface area contributed by atoms with Gasteiger partial charge in [-0.3, -0.25) is 0 Å². The fourth-order valence-electron chi connectivity index (χ4n) is 1.66. The first-order valence-corrected chi connectivity index (χ1v) is 6.39. The molecule has 3 heteroatoms. The molecule has 0 N–H and O–H groups in total. The maximum Gasteiger partial charge on any atom is 0.149 e. The Bertz CT molecular complexity index is 618. The van der Waals surface area contributed by atoms with E-state index < -0.39 is 5.82 Å². The molecule has 0 saturated carbocycles. The third kappa shape index (κ3) is 3.27. The second-order valence-corrected chi connectivity index (χ2v) is 5.74. The summed E-state index contributed by atoms with van der Waals surface area (Å²) in [5.74, 6) is 0.0607. The molecule has 0 aliphatic heterocycles. The molecular weight excluding hydrogens is 263 g/mol. The van der Waals surface area contributed by atoms with E-state index in [2.05, 4.69) is 20.8 Å². The molecular formula is C16H16ClFO. The van der Waals surface area contributed by atoms with Crippen LogP contribution in [0.3, 0.4) is 0 Å². The molecule has 0 heterocycles. The van der Waals surface area contributed by atoms with Gasteiger partial charge < -0.3 is 4.74 Å². The second kappa shape index (κ2) is 5.22. The lowest BCUT2D eigenvalue weighted by atomic mass is 9.87. The van der Waals surface area contributed by atoms with Crippen molar-refractivity contribution < 1.29 is 10.5 Å². The fourth-order valence-corrected chi connectivity index (χ4v) is 1.81. The van der Waals surface area contributed by atoms with Gasteiger partial charge in [-0.2, -0.15) is 0 Å². The first-order chi connectivity index (χ1) is 9.27. The average molecular weight is 280 g/mol. The van der Waals surface area contributed by atoms with Crippen LogP contribution in [0.15, 0.2) is 42.4 Å². The molecule has 0 amide bonds. The third-order valence-corrected chi connectivity index (χ3v) is 3.17. The van der Waals surface area contributed by atoms with Gasteiger partial charge in [-0.15, -0.1) is 0 Å². The Balaban J connectivity index is 2.27. The number of rotatable bonds is 2. The van der Waals surface area contributed by atoms with E-state index in [1.54, 1.807) is 0 Å². The van der Waals surface area contributed by atoms with Crippen molar-refractivity contribution in [3.63, 3.8) is 0 Å². The molecule has 0 saturated heterocycles. The van der Waals surface area contributed by atoms with E-state index in [0.717, 1.165) is 6.07 Å². The fraction of sp³-hybridized carbons (Fsp3) is 0.250. The van der Waals surface area contributed by atoms with Gasteiger partial charge in [0.2, 0.25) is 0 Å². The van der Waals surface area contributed by atoms with Crippen molar-refractivity contribution in [2.75, 3.05) is 0 Å². The summed E-state index contributed by atoms with van der Waals surface area (Å²) in [5.41, 5.74) is 1.24. The maximum absolute atomic E-state index is 13.4. The zero-order valence-electron chi connectivity index (χ0n) is 12.1. The van der Waals surface area contributed by atoms with Gasteiger partial charge in [-0.05, 0) is 35.2 Å². The van der Waals surface area contributed by atoms with E-state index in [1.807, 2.05) is 24.3 Å². The van der Waals surface area contributed by atoms with E-state index in [-0.39, 0.29) is 22.2 Å². The number of hydrogen-bond acceptors (Lipinski definition) is 1. The van der Waals surface area contributed by atoms with E-state index in [1.165, 1.54) is 11.6 Å². The van der Waals surface area contributed by atoms with Crippen molar-refractivity contribution in [3.8, 4) is 11.5 Å². The van der Waals surface area contributed by atoms with Crippen LogP contribution in [0.2, 0.25) is 5.02 Å². The van der Waals surface area contributed by atoms with Gasteiger partial charge >= 0.3 is 0 Å². The van der Waals surface area contributed by atoms with Crippen molar-refractivity contribution in [1.29, 1.82) is 0 Å². The molecule has 0 aliphatic carbocycles. The minimum Gasteiger partial charge on any atom is -0.456 e. The molecule has 19 heavy (non-hydrogen) atoms. The van der Waals surface area contributed by atoms with Crippen LogP contribution in [-0.4, -0.2) is 0 Å². The minimum absolute atomic E-state index is 0.0215. The zero-order valence-corrected chi connectivity index (χ0v) is 11.9. The van der Waals surface area contributed by atoms with Crippen LogP contribution in [0.25, 0.3) is 0 Å². The number of halogens is 2. The van der Waals surface area contributed by atoms with E-state index >= 15 is 0 Å². The molecule has 0 radical (unpaired) electrons. The van der Waals surface area contributed by atoms with Crippen LogP contribution >= 0.6 is 11.6 Å². The van der Waals surface area contributed by atoms with Crippen molar-refractivity contribution in [3.05, 3.63) is 58.8 Å². The van der Waals surface area contributed by atoms with Gasteiger partial charge in [0.25, 0.3) is 0 Å². The van der Waals surface area contributed by atoms with Gasteiger partial charge in [0.1, 0.15) is 22.3 Å². The average Bonchev–Trinajstić information content (AvgIpc) is 2.35. The summed E-state index contributed by atoms with van der Waals surface area (Å²) < 4.78 is 26.5. The molecule has 0 aliphatic rings. The van der Waals surface area contributed by atoms with Crippen LogP contribution in [0.1, 0.15) is 27.7 Å². The largest absolute Gasteiger partial charge is 0.456 e. The maximum atomic E-state index is 13.4. The van der Waals surface area contributed by atoms with E-state index in [4.69, 9.17) is 17.7 Å². The Morgan fingerprint density at radius 1 is 1.11 bits per heavy atom. The van der Waals surface area contributed by atoms with Gasteiger partial charge in [-0.25, -0.2) is 4.39 Å². The summed E-state index contributed by atoms with van der Waals surface area (Å²) in [6.07, 6.45) is 0. The summed E-state index contributed by atoms with van der Waals surface area (Å²) >= 11 is 5.84. The van der Waals surface area contributed by atoms with Crippen molar-refractivity contribution in [2.45, 2.75) is 26.2 Å². The van der Waals surface area contributed by atoms with Crippen LogP contribution in [0.5, 0.6) is 11.5 Å². The third-order valence-electron chi connectivity index (χ3n) is 2.80. The Kier molecular flexibility index (Phi) is 3.43. The summed E-state index contributed by atoms with van der Waals surface area (Å²) in [6, 6.07) is 10.0. The Morgan fingerprint density at radius 3 is 2.32 bits per heavy atom. The highest BCUT2D eigenvalue weighted by Crippen LogP contribution is 2.32. The summed E-state index contributed by atoms with van der Waals surface area (Å²) in [7, 11) is 0. The van der Waals surface area contributed by atoms with Crippen LogP contribution in [-0.2, 0) is 5.41 Å². The quantitative estimate of drug-likeness (QED) is 0.698. The van der Waals surface area contributed by atoms with Crippen molar-refractivity contribution >= 4 is 11.6 Å². The Hall–Kier alpha value is -1.54. The minimum atomic E-state index is -0.652. The lowest BCUT2D eigenvalue weighted by Crippen LogP contribution is -2.10. The van der Waals surface area contributed by atoms with Gasteiger partial charge in [0.15, 0.2) is 0 Å². The number of ether oxygens (including phenoxy) is 1. The van der Waals surface area contributed by atoms with Crippen molar-refractivity contribution in [2.24, 2.45) is 0 Å². The Labute approximate surface area is 119 Å². The standard InChI is InChI=1S/C16H16ClFO/c1-16(2,3)11-7-9-12(10-8-11)19-14-6-4-5-13(18)15(14)17/h4-10H,1-3H3/i4D. The monoisotopic (exact) mass is 279 g/mol. The number of benzene rings is 2. The smallest absolute Gasteiger partial charge is 0.149 e. The molecule has 2 aromatic rings. The molecule has 0 atom stereocenters. The molecule has 0 spiro atoms. The molecule has 0 unspecified atom stereocenters. The lowest BCUT2D eigenvalue weighted by molar-refractivity contribution is 0.476. The van der Waals surface area contributed by atoms with Gasteiger partial charge in [0.05, 0.1) is 1.37 Å². The SMILES string of the molecule is [2H]c1cc(F)c(Cl)c(Oc2ccc(C(C)(C)C)cc2)c1. The van der Waals surface area contributed by atoms with Gasteiger partial charge in [-0.1, -0.05) is 50.5 Å². The molecule has 0 bridgehead atoms. The first kappa shape index (κ1) is 12.5. The van der Waals surface area contributed by atoms with Gasteiger partial charge in [0, 0.05) is 0 Å². The molecule has 2 aromatic carbocycles. The normalized spacial score (nSPS) is 12.2. The molecule has 0 fully saturated rings. The molecule has 100 valence electrons. The number of hydrogen-bond donors (Lipinski definition) is 0. The topological polar surface area (TPSA) is 9.23 Å². The summed E-state index contributed by atoms with van der Waals surface area (Å²) in [4.78, 5) is 0. The first-order valence-electron chi connectivity index (χ1n) is 6.51. The highest BCUT2D eigenvalue weighted by Gasteiger charge is 2.13. The molecule has 2 rings (SSSR count). The van der Waals surface area contributed by atoms with Crippen LogP contribution < -0.4 is 4.74 Å². The molecule has 0 aromatic heterocycles. The predicted octanol–water partition coefficient (Wildman–Crippen LogP) is 5.57. The van der Waals surface area contributed by atoms with E-state index in [9.17, 15) is 4.39 Å². The summed E-state index contributed by atoms with van der Waals surface area (Å²) in [5, 5.41) is -0.110. The van der Waals surface area contributed by atoms with Crippen LogP contribution in [0.4, 0.5) is 4.39 Å². The van der Waals surface area contributed by atoms with Crippen LogP contribution in [0, 0.1) is 5.82 Å². The summed E-state index contributed by atoms with van der Waals surface area (Å²) in [6.45, 7) is 6.37. The highest BCUT2D eigenvalue weighted by molar-refractivity contribution is 6.32. The predicted molar refractivity (Wildman–Crippen MR) is 76.6 cm³/mol. The zero-order chi connectivity index (χ0) is 14.9. The molecule has 1 nitrogen and oxygen atoms in total. The second-order valence-electron chi connectivity index (χ2n) is 5.36. The van der Waals surface area contributed by atoms with Crippen molar-refractivity contribution in [1.82, 2.24) is 0 Å².